The van der Waals surface area contributed by atoms with E-state index >= 15 is 0 Å². The van der Waals surface area contributed by atoms with Crippen LogP contribution in [0, 0.1) is 6.92 Å². The van der Waals surface area contributed by atoms with Crippen molar-refractivity contribution >= 4 is 17.4 Å². The van der Waals surface area contributed by atoms with Crippen molar-refractivity contribution in [3.8, 4) is 0 Å². The van der Waals surface area contributed by atoms with Crippen molar-refractivity contribution < 1.29 is 0 Å². The van der Waals surface area contributed by atoms with Crippen LogP contribution in [0.5, 0.6) is 0 Å². The molecule has 2 aromatic rings. The number of halogens is 1. The first-order valence-corrected chi connectivity index (χ1v) is 4.93. The molecule has 1 heterocycles. The number of nitrogens with two attached hydrogens (primary N) is 1. The molecule has 2 N–H and O–H groups in total. The molecule has 0 aliphatic rings. The third-order valence-electron chi connectivity index (χ3n) is 2.10. The van der Waals surface area contributed by atoms with Gasteiger partial charge in [-0.15, -0.1) is 5.10 Å². The maximum absolute atomic E-state index is 5.93. The van der Waals surface area contributed by atoms with E-state index in [1.54, 1.807) is 4.80 Å². The Morgan fingerprint density at radius 3 is 2.87 bits per heavy atom. The summed E-state index contributed by atoms with van der Waals surface area (Å²) in [5.41, 5.74) is 7.63. The average molecular weight is 223 g/mol. The number of nitrogen functional groups attached to an aromatic ring is 1. The summed E-state index contributed by atoms with van der Waals surface area (Å²) in [7, 11) is 0. The van der Waals surface area contributed by atoms with E-state index in [1.807, 2.05) is 25.1 Å². The monoisotopic (exact) mass is 222 g/mol. The van der Waals surface area contributed by atoms with Gasteiger partial charge in [-0.05, 0) is 24.1 Å². The third kappa shape index (κ3) is 2.27. The largest absolute Gasteiger partial charge is 0.381 e. The normalized spacial score (nSPS) is 10.5. The quantitative estimate of drug-likeness (QED) is 0.844. The first-order chi connectivity index (χ1) is 7.15. The minimum Gasteiger partial charge on any atom is -0.381 e. The zero-order chi connectivity index (χ0) is 10.8. The lowest BCUT2D eigenvalue weighted by atomic mass is 10.1. The molecule has 0 fully saturated rings. The zero-order valence-electron chi connectivity index (χ0n) is 8.31. The highest BCUT2D eigenvalue weighted by atomic mass is 35.5. The van der Waals surface area contributed by atoms with E-state index in [9.17, 15) is 0 Å². The molecule has 0 saturated heterocycles. The van der Waals surface area contributed by atoms with Gasteiger partial charge in [0, 0.05) is 5.02 Å². The van der Waals surface area contributed by atoms with Crippen molar-refractivity contribution in [2.75, 3.05) is 5.73 Å². The lowest BCUT2D eigenvalue weighted by molar-refractivity contribution is 0.593. The minimum atomic E-state index is 0.431. The highest BCUT2D eigenvalue weighted by Crippen LogP contribution is 2.16. The molecule has 2 rings (SSSR count). The van der Waals surface area contributed by atoms with Gasteiger partial charge in [0.15, 0.2) is 5.82 Å². The van der Waals surface area contributed by atoms with Crippen LogP contribution in [0.15, 0.2) is 24.4 Å². The van der Waals surface area contributed by atoms with E-state index in [0.717, 1.165) is 16.1 Å². The van der Waals surface area contributed by atoms with E-state index in [-0.39, 0.29) is 0 Å². The molecule has 0 atom stereocenters. The lowest BCUT2D eigenvalue weighted by Crippen LogP contribution is -2.04. The molecule has 0 unspecified atom stereocenters. The summed E-state index contributed by atoms with van der Waals surface area (Å²) >= 11 is 5.93. The van der Waals surface area contributed by atoms with Crippen LogP contribution in [0.2, 0.25) is 5.02 Å². The van der Waals surface area contributed by atoms with Crippen LogP contribution in [0.4, 0.5) is 5.82 Å². The Morgan fingerprint density at radius 1 is 1.47 bits per heavy atom. The molecule has 0 amide bonds. The first kappa shape index (κ1) is 9.98. The highest BCUT2D eigenvalue weighted by molar-refractivity contribution is 6.31. The molecule has 0 aliphatic carbocycles. The fourth-order valence-corrected chi connectivity index (χ4v) is 1.47. The maximum atomic E-state index is 5.93. The van der Waals surface area contributed by atoms with Crippen LogP contribution in [0.3, 0.4) is 0 Å². The molecule has 0 saturated carbocycles. The number of hydrogen-bond donors (Lipinski definition) is 1. The van der Waals surface area contributed by atoms with Crippen LogP contribution < -0.4 is 5.73 Å². The van der Waals surface area contributed by atoms with Crippen molar-refractivity contribution in [1.29, 1.82) is 0 Å². The van der Waals surface area contributed by atoms with Gasteiger partial charge in [0.1, 0.15) is 0 Å². The zero-order valence-corrected chi connectivity index (χ0v) is 9.07. The molecule has 15 heavy (non-hydrogen) atoms. The van der Waals surface area contributed by atoms with E-state index < -0.39 is 0 Å². The molecule has 4 nitrogen and oxygen atoms in total. The predicted molar refractivity (Wildman–Crippen MR) is 59.7 cm³/mol. The molecule has 1 aromatic carbocycles. The Kier molecular flexibility index (Phi) is 2.60. The summed E-state index contributed by atoms with van der Waals surface area (Å²) in [5, 5.41) is 8.79. The smallest absolute Gasteiger partial charge is 0.165 e. The average Bonchev–Trinajstić information content (AvgIpc) is 2.58. The number of benzene rings is 1. The van der Waals surface area contributed by atoms with Crippen molar-refractivity contribution in [2.45, 2.75) is 13.5 Å². The Labute approximate surface area is 92.7 Å². The second-order valence-corrected chi connectivity index (χ2v) is 3.79. The maximum Gasteiger partial charge on any atom is 0.165 e. The Hall–Kier alpha value is -1.55. The molecule has 0 bridgehead atoms. The lowest BCUT2D eigenvalue weighted by Gasteiger charge is -2.03. The number of hydrogen-bond acceptors (Lipinski definition) is 3. The predicted octanol–water partition coefficient (Wildman–Crippen LogP) is 1.87. The second kappa shape index (κ2) is 3.90. The summed E-state index contributed by atoms with van der Waals surface area (Å²) in [4.78, 5) is 1.55. The van der Waals surface area contributed by atoms with Crippen molar-refractivity contribution in [2.24, 2.45) is 0 Å². The van der Waals surface area contributed by atoms with Gasteiger partial charge < -0.3 is 5.73 Å². The van der Waals surface area contributed by atoms with Gasteiger partial charge in [-0.3, -0.25) is 0 Å². The Bertz CT molecular complexity index is 478. The number of anilines is 1. The molecule has 0 radical (unpaired) electrons. The molecular weight excluding hydrogens is 212 g/mol. The summed E-state index contributed by atoms with van der Waals surface area (Å²) in [6.07, 6.45) is 1.53. The summed E-state index contributed by atoms with van der Waals surface area (Å²) < 4.78 is 0. The Balaban J connectivity index is 2.21. The third-order valence-corrected chi connectivity index (χ3v) is 2.52. The topological polar surface area (TPSA) is 56.7 Å². The molecule has 1 aromatic heterocycles. The van der Waals surface area contributed by atoms with Crippen molar-refractivity contribution in [1.82, 2.24) is 15.0 Å². The van der Waals surface area contributed by atoms with E-state index in [4.69, 9.17) is 17.3 Å². The van der Waals surface area contributed by atoms with Gasteiger partial charge in [-0.25, -0.2) is 0 Å². The fraction of sp³-hybridized carbons (Fsp3) is 0.200. The fourth-order valence-electron chi connectivity index (χ4n) is 1.36. The van der Waals surface area contributed by atoms with Crippen LogP contribution >= 0.6 is 11.6 Å². The summed E-state index contributed by atoms with van der Waals surface area (Å²) in [5.74, 6) is 0.431. The van der Waals surface area contributed by atoms with Gasteiger partial charge in [0.25, 0.3) is 0 Å². The number of aryl methyl sites for hydroxylation is 1. The van der Waals surface area contributed by atoms with Crippen LogP contribution in [-0.4, -0.2) is 15.0 Å². The van der Waals surface area contributed by atoms with Crippen LogP contribution in [0.25, 0.3) is 0 Å². The molecule has 0 aliphatic heterocycles. The SMILES string of the molecule is Cc1cc(Cn2ncc(N)n2)ccc1Cl. The number of rotatable bonds is 2. The van der Waals surface area contributed by atoms with E-state index in [1.165, 1.54) is 6.20 Å². The standard InChI is InChI=1S/C10H11ClN4/c1-7-4-8(2-3-9(7)11)6-15-13-5-10(12)14-15/h2-5H,6H2,1H3,(H2,12,14). The van der Waals surface area contributed by atoms with Crippen LogP contribution in [-0.2, 0) is 6.54 Å². The summed E-state index contributed by atoms with van der Waals surface area (Å²) in [6, 6.07) is 5.84. The summed E-state index contributed by atoms with van der Waals surface area (Å²) in [6.45, 7) is 2.58. The van der Waals surface area contributed by atoms with Gasteiger partial charge in [0.05, 0.1) is 12.7 Å². The van der Waals surface area contributed by atoms with E-state index in [0.29, 0.717) is 12.4 Å². The van der Waals surface area contributed by atoms with Crippen molar-refractivity contribution in [3.63, 3.8) is 0 Å². The molecule has 0 spiro atoms. The van der Waals surface area contributed by atoms with Gasteiger partial charge >= 0.3 is 0 Å². The first-order valence-electron chi connectivity index (χ1n) is 4.56. The number of aromatic nitrogens is 3. The van der Waals surface area contributed by atoms with Crippen molar-refractivity contribution in [3.05, 3.63) is 40.5 Å². The molecular formula is C10H11ClN4. The number of nitrogens with zero attached hydrogens (tertiary/aromatic N) is 3. The molecule has 5 heteroatoms. The van der Waals surface area contributed by atoms with E-state index in [2.05, 4.69) is 10.2 Å². The Morgan fingerprint density at radius 2 is 2.27 bits per heavy atom. The van der Waals surface area contributed by atoms with Gasteiger partial charge in [-0.1, -0.05) is 23.7 Å². The molecule has 78 valence electrons. The second-order valence-electron chi connectivity index (χ2n) is 3.38. The van der Waals surface area contributed by atoms with Gasteiger partial charge in [-0.2, -0.15) is 9.90 Å². The van der Waals surface area contributed by atoms with Gasteiger partial charge in [0.2, 0.25) is 0 Å². The highest BCUT2D eigenvalue weighted by Gasteiger charge is 2.00. The van der Waals surface area contributed by atoms with Crippen LogP contribution in [0.1, 0.15) is 11.1 Å². The minimum absolute atomic E-state index is 0.431.